The summed E-state index contributed by atoms with van der Waals surface area (Å²) in [6.45, 7) is 1.76. The van der Waals surface area contributed by atoms with Crippen LogP contribution in [0.15, 0.2) is 42.6 Å². The summed E-state index contributed by atoms with van der Waals surface area (Å²) in [7, 11) is 0. The molecule has 0 saturated carbocycles. The van der Waals surface area contributed by atoms with Gasteiger partial charge < -0.3 is 10.1 Å². The summed E-state index contributed by atoms with van der Waals surface area (Å²) in [6.07, 6.45) is 1.57. The molecule has 0 bridgehead atoms. The monoisotopic (exact) mass is 345 g/mol. The average Bonchev–Trinajstić information content (AvgIpc) is 2.96. The van der Waals surface area contributed by atoms with Crippen molar-refractivity contribution in [2.24, 2.45) is 0 Å². The zero-order valence-corrected chi connectivity index (χ0v) is 13.1. The zero-order chi connectivity index (χ0) is 18.0. The molecule has 25 heavy (non-hydrogen) atoms. The maximum Gasteiger partial charge on any atom is 0.360 e. The summed E-state index contributed by atoms with van der Waals surface area (Å²) in [4.78, 5) is 28.6. The highest BCUT2D eigenvalue weighted by Crippen LogP contribution is 2.21. The highest BCUT2D eigenvalue weighted by Gasteiger charge is 2.23. The molecule has 8 heteroatoms. The summed E-state index contributed by atoms with van der Waals surface area (Å²) >= 11 is 0. The van der Waals surface area contributed by atoms with Gasteiger partial charge in [-0.05, 0) is 37.3 Å². The molecule has 0 aliphatic heterocycles. The number of fused-ring (bicyclic) bond motifs is 1. The number of nitrogens with zero attached hydrogens (tertiary/aromatic N) is 2. The van der Waals surface area contributed by atoms with Crippen LogP contribution in [0.3, 0.4) is 0 Å². The van der Waals surface area contributed by atoms with Crippen LogP contribution >= 0.6 is 0 Å². The number of esters is 1. The number of anilines is 1. The summed E-state index contributed by atoms with van der Waals surface area (Å²) in [5.41, 5.74) is -0.223. The fraction of sp³-hybridized carbons (Fsp3) is 0.118. The summed E-state index contributed by atoms with van der Waals surface area (Å²) < 4.78 is 33.5. The Labute approximate surface area is 141 Å². The Morgan fingerprint density at radius 2 is 2.04 bits per heavy atom. The maximum atomic E-state index is 13.8. The Bertz CT molecular complexity index is 969. The van der Waals surface area contributed by atoms with Crippen molar-refractivity contribution in [1.29, 1.82) is 0 Å². The molecule has 1 amide bonds. The highest BCUT2D eigenvalue weighted by molar-refractivity contribution is 6.07. The second kappa shape index (κ2) is 6.68. The first-order chi connectivity index (χ1) is 12.0. The van der Waals surface area contributed by atoms with E-state index in [1.54, 1.807) is 31.3 Å². The molecule has 6 nitrogen and oxygen atoms in total. The largest absolute Gasteiger partial charge is 0.461 e. The zero-order valence-electron chi connectivity index (χ0n) is 13.1. The molecule has 1 aromatic carbocycles. The number of ether oxygens (including phenoxy) is 1. The third-order valence-corrected chi connectivity index (χ3v) is 3.40. The first-order valence-electron chi connectivity index (χ1n) is 7.42. The van der Waals surface area contributed by atoms with Crippen molar-refractivity contribution in [3.8, 4) is 0 Å². The fourth-order valence-electron chi connectivity index (χ4n) is 2.30. The molecule has 1 N–H and O–H groups in total. The summed E-state index contributed by atoms with van der Waals surface area (Å²) in [6, 6.07) is 7.53. The van der Waals surface area contributed by atoms with E-state index >= 15 is 0 Å². The van der Waals surface area contributed by atoms with Gasteiger partial charge in [0.15, 0.2) is 11.5 Å². The Balaban J connectivity index is 2.05. The molecule has 3 aromatic rings. The Kier molecular flexibility index (Phi) is 4.42. The van der Waals surface area contributed by atoms with Crippen molar-refractivity contribution in [2.45, 2.75) is 6.92 Å². The van der Waals surface area contributed by atoms with E-state index in [0.29, 0.717) is 5.65 Å². The lowest BCUT2D eigenvalue weighted by atomic mass is 10.2. The molecule has 0 saturated heterocycles. The number of hydrogen-bond donors (Lipinski definition) is 1. The van der Waals surface area contributed by atoms with Crippen LogP contribution in [0.5, 0.6) is 0 Å². The SMILES string of the molecule is CCOC(=O)c1nc2ccccn2c1NC(=O)c1cc(F)ccc1F. The number of carbonyl (C=O) groups excluding carboxylic acids is 2. The third-order valence-electron chi connectivity index (χ3n) is 3.40. The van der Waals surface area contributed by atoms with E-state index in [0.717, 1.165) is 18.2 Å². The van der Waals surface area contributed by atoms with E-state index in [4.69, 9.17) is 4.74 Å². The van der Waals surface area contributed by atoms with Crippen LogP contribution in [-0.2, 0) is 4.74 Å². The average molecular weight is 345 g/mol. The lowest BCUT2D eigenvalue weighted by Crippen LogP contribution is -2.18. The summed E-state index contributed by atoms with van der Waals surface area (Å²) in [5.74, 6) is -3.27. The molecule has 0 fully saturated rings. The number of aromatic nitrogens is 2. The van der Waals surface area contributed by atoms with Crippen molar-refractivity contribution in [1.82, 2.24) is 9.38 Å². The van der Waals surface area contributed by atoms with Gasteiger partial charge in [0, 0.05) is 6.20 Å². The van der Waals surface area contributed by atoms with E-state index in [2.05, 4.69) is 10.3 Å². The molecule has 128 valence electrons. The molecule has 2 heterocycles. The van der Waals surface area contributed by atoms with E-state index in [1.807, 2.05) is 0 Å². The van der Waals surface area contributed by atoms with Gasteiger partial charge in [0.25, 0.3) is 5.91 Å². The quantitative estimate of drug-likeness (QED) is 0.738. The van der Waals surface area contributed by atoms with Crippen LogP contribution in [0.25, 0.3) is 5.65 Å². The van der Waals surface area contributed by atoms with Crippen molar-refractivity contribution < 1.29 is 23.1 Å². The van der Waals surface area contributed by atoms with Crippen LogP contribution in [0.2, 0.25) is 0 Å². The predicted molar refractivity (Wildman–Crippen MR) is 85.5 cm³/mol. The van der Waals surface area contributed by atoms with Crippen LogP contribution in [0.4, 0.5) is 14.6 Å². The van der Waals surface area contributed by atoms with Gasteiger partial charge in [-0.25, -0.2) is 18.6 Å². The van der Waals surface area contributed by atoms with Crippen molar-refractivity contribution in [2.75, 3.05) is 11.9 Å². The van der Waals surface area contributed by atoms with Gasteiger partial charge in [-0.3, -0.25) is 9.20 Å². The Hall–Kier alpha value is -3.29. The number of rotatable bonds is 4. The van der Waals surface area contributed by atoms with Crippen LogP contribution in [0.1, 0.15) is 27.8 Å². The second-order valence-corrected chi connectivity index (χ2v) is 5.04. The number of pyridine rings is 1. The molecule has 0 aliphatic carbocycles. The summed E-state index contributed by atoms with van der Waals surface area (Å²) in [5, 5.41) is 2.41. The number of carbonyl (C=O) groups is 2. The molecular weight excluding hydrogens is 332 g/mol. The number of imidazole rings is 1. The van der Waals surface area contributed by atoms with E-state index in [1.165, 1.54) is 4.40 Å². The predicted octanol–water partition coefficient (Wildman–Crippen LogP) is 3.04. The minimum Gasteiger partial charge on any atom is -0.461 e. The Morgan fingerprint density at radius 1 is 1.24 bits per heavy atom. The molecule has 0 atom stereocenters. The van der Waals surface area contributed by atoms with Crippen molar-refractivity contribution in [3.63, 3.8) is 0 Å². The first kappa shape index (κ1) is 16.6. The molecule has 0 spiro atoms. The first-order valence-corrected chi connectivity index (χ1v) is 7.42. The fourth-order valence-corrected chi connectivity index (χ4v) is 2.30. The van der Waals surface area contributed by atoms with Gasteiger partial charge in [0.2, 0.25) is 0 Å². The smallest absolute Gasteiger partial charge is 0.360 e. The molecule has 2 aromatic heterocycles. The molecule has 0 aliphatic rings. The van der Waals surface area contributed by atoms with E-state index in [9.17, 15) is 18.4 Å². The third kappa shape index (κ3) is 3.18. The number of nitrogens with one attached hydrogen (secondary N) is 1. The number of halogens is 2. The van der Waals surface area contributed by atoms with Gasteiger partial charge in [-0.2, -0.15) is 0 Å². The minimum absolute atomic E-state index is 0.0164. The Morgan fingerprint density at radius 3 is 2.80 bits per heavy atom. The van der Waals surface area contributed by atoms with Gasteiger partial charge in [0.1, 0.15) is 17.3 Å². The standard InChI is InChI=1S/C17H13F2N3O3/c1-2-25-17(24)14-15(22-8-4-3-5-13(22)20-14)21-16(23)11-9-10(18)6-7-12(11)19/h3-9H,2H2,1H3,(H,21,23). The lowest BCUT2D eigenvalue weighted by Gasteiger charge is -2.08. The minimum atomic E-state index is -0.909. The van der Waals surface area contributed by atoms with Crippen LogP contribution in [-0.4, -0.2) is 27.9 Å². The van der Waals surface area contributed by atoms with Gasteiger partial charge in [-0.15, -0.1) is 0 Å². The van der Waals surface area contributed by atoms with Crippen molar-refractivity contribution in [3.05, 3.63) is 65.5 Å². The molecule has 0 unspecified atom stereocenters. The number of benzene rings is 1. The second-order valence-electron chi connectivity index (χ2n) is 5.04. The van der Waals surface area contributed by atoms with Crippen molar-refractivity contribution >= 4 is 23.3 Å². The lowest BCUT2D eigenvalue weighted by molar-refractivity contribution is 0.0521. The molecule has 3 rings (SSSR count). The highest BCUT2D eigenvalue weighted by atomic mass is 19.1. The molecular formula is C17H13F2N3O3. The van der Waals surface area contributed by atoms with Gasteiger partial charge in [0.05, 0.1) is 12.2 Å². The van der Waals surface area contributed by atoms with E-state index < -0.39 is 29.1 Å². The number of amides is 1. The number of hydrogen-bond acceptors (Lipinski definition) is 4. The molecule has 0 radical (unpaired) electrons. The van der Waals surface area contributed by atoms with Gasteiger partial charge in [-0.1, -0.05) is 6.07 Å². The van der Waals surface area contributed by atoms with Crippen LogP contribution in [0, 0.1) is 11.6 Å². The van der Waals surface area contributed by atoms with E-state index in [-0.39, 0.29) is 18.1 Å². The topological polar surface area (TPSA) is 72.7 Å². The van der Waals surface area contributed by atoms with Crippen LogP contribution < -0.4 is 5.32 Å². The maximum absolute atomic E-state index is 13.8. The van der Waals surface area contributed by atoms with Gasteiger partial charge >= 0.3 is 5.97 Å². The normalized spacial score (nSPS) is 10.7.